The van der Waals surface area contributed by atoms with E-state index in [1.807, 2.05) is 45.0 Å². The molecule has 0 spiro atoms. The van der Waals surface area contributed by atoms with Crippen LogP contribution in [0.3, 0.4) is 0 Å². The lowest BCUT2D eigenvalue weighted by Crippen LogP contribution is -2.53. The minimum atomic E-state index is -3.27. The van der Waals surface area contributed by atoms with Gasteiger partial charge in [0.1, 0.15) is 5.75 Å². The molecule has 25 heavy (non-hydrogen) atoms. The zero-order chi connectivity index (χ0) is 18.2. The third kappa shape index (κ3) is 10.5. The monoisotopic (exact) mass is 484 g/mol. The fraction of sp³-hybridized carbons (Fsp3) is 0.562. The van der Waals surface area contributed by atoms with Crippen LogP contribution in [0.25, 0.3) is 0 Å². The van der Waals surface area contributed by atoms with E-state index >= 15 is 0 Å². The van der Waals surface area contributed by atoms with Gasteiger partial charge in [0.15, 0.2) is 5.96 Å². The van der Waals surface area contributed by atoms with Gasteiger partial charge in [-0.15, -0.1) is 24.0 Å². The van der Waals surface area contributed by atoms with E-state index in [1.165, 1.54) is 0 Å². The molecule has 0 radical (unpaired) electrons. The van der Waals surface area contributed by atoms with Gasteiger partial charge in [0.25, 0.3) is 0 Å². The minimum absolute atomic E-state index is 0. The predicted molar refractivity (Wildman–Crippen MR) is 113 cm³/mol. The number of hydrogen-bond acceptors (Lipinski definition) is 4. The molecule has 1 aromatic rings. The van der Waals surface area contributed by atoms with Gasteiger partial charge in [-0.1, -0.05) is 12.1 Å². The Hall–Kier alpha value is -1.07. The highest BCUT2D eigenvalue weighted by atomic mass is 127. The lowest BCUT2D eigenvalue weighted by atomic mass is 10.1. The van der Waals surface area contributed by atoms with Crippen molar-refractivity contribution in [2.24, 2.45) is 4.99 Å². The van der Waals surface area contributed by atoms with Crippen LogP contribution in [-0.2, 0) is 16.6 Å². The largest absolute Gasteiger partial charge is 0.497 e. The van der Waals surface area contributed by atoms with Crippen molar-refractivity contribution in [2.45, 2.75) is 32.9 Å². The van der Waals surface area contributed by atoms with Crippen LogP contribution in [0.4, 0.5) is 0 Å². The summed E-state index contributed by atoms with van der Waals surface area (Å²) >= 11 is 0. The number of methoxy groups -OCH3 is 1. The van der Waals surface area contributed by atoms with Crippen molar-refractivity contribution in [3.8, 4) is 5.75 Å². The Bertz CT molecular complexity index is 663. The van der Waals surface area contributed by atoms with Crippen LogP contribution in [0.1, 0.15) is 26.3 Å². The van der Waals surface area contributed by atoms with Crippen molar-refractivity contribution in [2.75, 3.05) is 26.5 Å². The van der Waals surface area contributed by atoms with E-state index in [0.29, 0.717) is 25.6 Å². The smallest absolute Gasteiger partial charge is 0.209 e. The van der Waals surface area contributed by atoms with Gasteiger partial charge in [-0.05, 0) is 38.5 Å². The molecule has 1 aromatic carbocycles. The number of halogens is 1. The van der Waals surface area contributed by atoms with Gasteiger partial charge in [0.2, 0.25) is 10.0 Å². The first-order valence-corrected chi connectivity index (χ1v) is 9.68. The number of guanidine groups is 1. The number of benzene rings is 1. The van der Waals surface area contributed by atoms with E-state index in [0.717, 1.165) is 17.6 Å². The molecule has 0 unspecified atom stereocenters. The normalized spacial score (nSPS) is 12.3. The Kier molecular flexibility index (Phi) is 10.4. The first kappa shape index (κ1) is 23.9. The minimum Gasteiger partial charge on any atom is -0.497 e. The highest BCUT2D eigenvalue weighted by Gasteiger charge is 2.22. The molecule has 0 aliphatic heterocycles. The Labute approximate surface area is 168 Å². The first-order valence-electron chi connectivity index (χ1n) is 7.79. The van der Waals surface area contributed by atoms with Gasteiger partial charge < -0.3 is 15.4 Å². The molecule has 0 atom stereocenters. The quantitative estimate of drug-likeness (QED) is 0.297. The average Bonchev–Trinajstić information content (AvgIpc) is 2.48. The van der Waals surface area contributed by atoms with Gasteiger partial charge in [-0.3, -0.25) is 0 Å². The second kappa shape index (κ2) is 10.8. The fourth-order valence-electron chi connectivity index (χ4n) is 2.13. The summed E-state index contributed by atoms with van der Waals surface area (Å²) in [5.74, 6) is 1.42. The molecule has 0 heterocycles. The number of rotatable bonds is 8. The van der Waals surface area contributed by atoms with E-state index in [-0.39, 0.29) is 24.0 Å². The Morgan fingerprint density at radius 3 is 2.52 bits per heavy atom. The predicted octanol–water partition coefficient (Wildman–Crippen LogP) is 1.70. The molecule has 9 heteroatoms. The number of hydrogen-bond donors (Lipinski definition) is 3. The summed E-state index contributed by atoms with van der Waals surface area (Å²) in [6.07, 6.45) is 1.15. The van der Waals surface area contributed by atoms with Crippen LogP contribution in [0.2, 0.25) is 0 Å². The summed E-state index contributed by atoms with van der Waals surface area (Å²) in [6.45, 7) is 7.21. The van der Waals surface area contributed by atoms with E-state index in [9.17, 15) is 8.42 Å². The van der Waals surface area contributed by atoms with Crippen LogP contribution >= 0.6 is 24.0 Å². The van der Waals surface area contributed by atoms with Gasteiger partial charge in [-0.25, -0.2) is 18.1 Å². The molecule has 0 saturated carbocycles. The maximum Gasteiger partial charge on any atom is 0.209 e. The Morgan fingerprint density at radius 1 is 1.28 bits per heavy atom. The Balaban J connectivity index is 0.00000576. The molecule has 0 fully saturated rings. The number of aliphatic imine (C=N–C) groups is 1. The van der Waals surface area contributed by atoms with Crippen molar-refractivity contribution in [3.05, 3.63) is 29.8 Å². The molecule has 144 valence electrons. The van der Waals surface area contributed by atoms with Crippen LogP contribution in [0.15, 0.2) is 29.3 Å². The van der Waals surface area contributed by atoms with E-state index in [1.54, 1.807) is 7.11 Å². The second-order valence-electron chi connectivity index (χ2n) is 6.16. The van der Waals surface area contributed by atoms with E-state index in [2.05, 4.69) is 20.3 Å². The SMILES string of the molecule is CCNC(=NCc1cccc(OC)c1)NCC(C)(C)NS(C)(=O)=O.I. The molecule has 0 saturated heterocycles. The maximum atomic E-state index is 11.4. The fourth-order valence-corrected chi connectivity index (χ4v) is 3.20. The highest BCUT2D eigenvalue weighted by molar-refractivity contribution is 14.0. The summed E-state index contributed by atoms with van der Waals surface area (Å²) in [7, 11) is -1.64. The topological polar surface area (TPSA) is 91.8 Å². The van der Waals surface area contributed by atoms with Crippen molar-refractivity contribution < 1.29 is 13.2 Å². The lowest BCUT2D eigenvalue weighted by Gasteiger charge is -2.26. The van der Waals surface area contributed by atoms with Crippen molar-refractivity contribution in [1.29, 1.82) is 0 Å². The molecular weight excluding hydrogens is 455 g/mol. The summed E-state index contributed by atoms with van der Waals surface area (Å²) in [5, 5.41) is 6.31. The molecule has 0 aliphatic carbocycles. The summed E-state index contributed by atoms with van der Waals surface area (Å²) in [6, 6.07) is 7.71. The van der Waals surface area contributed by atoms with Gasteiger partial charge in [0.05, 0.1) is 19.9 Å². The standard InChI is InChI=1S/C16H28N4O3S.HI/c1-6-17-15(19-12-16(2,3)20-24(5,21)22)18-11-13-8-7-9-14(10-13)23-4;/h7-10,20H,6,11-12H2,1-5H3,(H2,17,18,19);1H. The Morgan fingerprint density at radius 2 is 1.96 bits per heavy atom. The van der Waals surface area contributed by atoms with Gasteiger partial charge in [-0.2, -0.15) is 0 Å². The lowest BCUT2D eigenvalue weighted by molar-refractivity contribution is 0.414. The third-order valence-corrected chi connectivity index (χ3v) is 3.98. The first-order chi connectivity index (χ1) is 11.1. The summed E-state index contributed by atoms with van der Waals surface area (Å²) < 4.78 is 30.6. The average molecular weight is 484 g/mol. The van der Waals surface area contributed by atoms with Crippen molar-refractivity contribution in [1.82, 2.24) is 15.4 Å². The molecule has 7 nitrogen and oxygen atoms in total. The maximum absolute atomic E-state index is 11.4. The zero-order valence-corrected chi connectivity index (χ0v) is 18.6. The van der Waals surface area contributed by atoms with Gasteiger partial charge >= 0.3 is 0 Å². The second-order valence-corrected chi connectivity index (χ2v) is 7.91. The molecular formula is C16H29IN4O3S. The van der Waals surface area contributed by atoms with Crippen LogP contribution < -0.4 is 20.1 Å². The van der Waals surface area contributed by atoms with E-state index < -0.39 is 15.6 Å². The summed E-state index contributed by atoms with van der Waals surface area (Å²) in [4.78, 5) is 4.52. The third-order valence-electron chi connectivity index (χ3n) is 3.06. The summed E-state index contributed by atoms with van der Waals surface area (Å²) in [5.41, 5.74) is 0.403. The van der Waals surface area contributed by atoms with Crippen molar-refractivity contribution in [3.63, 3.8) is 0 Å². The zero-order valence-electron chi connectivity index (χ0n) is 15.4. The number of nitrogens with one attached hydrogen (secondary N) is 3. The molecule has 0 aliphatic rings. The van der Waals surface area contributed by atoms with E-state index in [4.69, 9.17) is 4.74 Å². The van der Waals surface area contributed by atoms with Gasteiger partial charge in [0, 0.05) is 18.6 Å². The molecule has 0 aromatic heterocycles. The number of sulfonamides is 1. The van der Waals surface area contributed by atoms with Crippen molar-refractivity contribution >= 4 is 40.0 Å². The molecule has 1 rings (SSSR count). The highest BCUT2D eigenvalue weighted by Crippen LogP contribution is 2.13. The molecule has 0 amide bonds. The number of ether oxygens (including phenoxy) is 1. The number of nitrogens with zero attached hydrogens (tertiary/aromatic N) is 1. The molecule has 3 N–H and O–H groups in total. The molecule has 0 bridgehead atoms. The van der Waals surface area contributed by atoms with Crippen LogP contribution in [0.5, 0.6) is 5.75 Å². The van der Waals surface area contributed by atoms with Crippen LogP contribution in [-0.4, -0.2) is 46.4 Å². The van der Waals surface area contributed by atoms with Crippen LogP contribution in [0, 0.1) is 0 Å².